The number of hydrogen-bond acceptors (Lipinski definition) is 2. The molecule has 2 rings (SSSR count). The van der Waals surface area contributed by atoms with E-state index in [1.165, 1.54) is 0 Å². The summed E-state index contributed by atoms with van der Waals surface area (Å²) in [7, 11) is 1.64. The van der Waals surface area contributed by atoms with Crippen LogP contribution in [-0.2, 0) is 0 Å². The first-order valence-corrected chi connectivity index (χ1v) is 8.48. The van der Waals surface area contributed by atoms with Gasteiger partial charge in [-0.25, -0.2) is 0 Å². The number of methoxy groups -OCH3 is 1. The molecule has 0 aliphatic heterocycles. The largest absolute Gasteiger partial charge is 0.496 e. The van der Waals surface area contributed by atoms with E-state index in [-0.39, 0.29) is 5.38 Å². The Morgan fingerprint density at radius 1 is 1.10 bits per heavy atom. The van der Waals surface area contributed by atoms with Crippen LogP contribution in [0.2, 0.25) is 0 Å². The van der Waals surface area contributed by atoms with Crippen molar-refractivity contribution in [1.82, 2.24) is 0 Å². The molecule has 1 unspecified atom stereocenters. The number of benzene rings is 2. The fraction of sp³-hybridized carbons (Fsp3) is 0.250. The van der Waals surface area contributed by atoms with Gasteiger partial charge in [-0.2, -0.15) is 0 Å². The molecule has 5 heteroatoms. The third kappa shape index (κ3) is 3.93. The highest BCUT2D eigenvalue weighted by atomic mass is 79.9. The number of alkyl halides is 1. The maximum Gasteiger partial charge on any atom is 0.133 e. The third-order valence-corrected chi connectivity index (χ3v) is 4.62. The second-order valence-electron chi connectivity index (χ2n) is 4.37. The second kappa shape index (κ2) is 7.52. The lowest BCUT2D eigenvalue weighted by Crippen LogP contribution is -1.99. The van der Waals surface area contributed by atoms with Crippen LogP contribution in [0.15, 0.2) is 45.3 Å². The summed E-state index contributed by atoms with van der Waals surface area (Å²) in [5, 5.41) is -0.292. The predicted octanol–water partition coefficient (Wildman–Crippen LogP) is 5.95. The van der Waals surface area contributed by atoms with Crippen LogP contribution < -0.4 is 9.47 Å². The Kier molecular flexibility index (Phi) is 5.97. The van der Waals surface area contributed by atoms with Gasteiger partial charge in [0.2, 0.25) is 0 Å². The van der Waals surface area contributed by atoms with Crippen LogP contribution in [0.3, 0.4) is 0 Å². The van der Waals surface area contributed by atoms with Crippen molar-refractivity contribution in [3.05, 3.63) is 56.5 Å². The van der Waals surface area contributed by atoms with Crippen LogP contribution >= 0.6 is 43.5 Å². The molecule has 1 atom stereocenters. The van der Waals surface area contributed by atoms with Gasteiger partial charge in [-0.3, -0.25) is 0 Å². The van der Waals surface area contributed by atoms with Gasteiger partial charge in [0.05, 0.1) is 23.6 Å². The zero-order valence-electron chi connectivity index (χ0n) is 11.7. The first kappa shape index (κ1) is 16.7. The van der Waals surface area contributed by atoms with Crippen LogP contribution in [0.4, 0.5) is 0 Å². The summed E-state index contributed by atoms with van der Waals surface area (Å²) in [6.45, 7) is 2.58. The van der Waals surface area contributed by atoms with Crippen molar-refractivity contribution in [2.45, 2.75) is 12.3 Å². The van der Waals surface area contributed by atoms with Crippen molar-refractivity contribution in [3.63, 3.8) is 0 Å². The van der Waals surface area contributed by atoms with Crippen molar-refractivity contribution in [2.24, 2.45) is 0 Å². The first-order chi connectivity index (χ1) is 10.1. The zero-order chi connectivity index (χ0) is 15.4. The van der Waals surface area contributed by atoms with Crippen molar-refractivity contribution in [1.29, 1.82) is 0 Å². The number of ether oxygens (including phenoxy) is 2. The second-order valence-corrected chi connectivity index (χ2v) is 6.58. The number of halogens is 3. The van der Waals surface area contributed by atoms with Crippen LogP contribution in [0, 0.1) is 0 Å². The topological polar surface area (TPSA) is 18.5 Å². The van der Waals surface area contributed by atoms with Crippen LogP contribution in [0.1, 0.15) is 23.4 Å². The maximum absolute atomic E-state index is 6.61. The van der Waals surface area contributed by atoms with Gasteiger partial charge in [-0.1, -0.05) is 28.1 Å². The van der Waals surface area contributed by atoms with E-state index in [1.54, 1.807) is 7.11 Å². The molecule has 112 valence electrons. The Morgan fingerprint density at radius 2 is 1.86 bits per heavy atom. The van der Waals surface area contributed by atoms with E-state index in [0.29, 0.717) is 6.61 Å². The fourth-order valence-electron chi connectivity index (χ4n) is 2.02. The average molecular weight is 435 g/mol. The summed E-state index contributed by atoms with van der Waals surface area (Å²) in [6, 6.07) is 11.7. The molecular formula is C16H15Br2ClO2. The molecular weight excluding hydrogens is 419 g/mol. The highest BCUT2D eigenvalue weighted by molar-refractivity contribution is 9.10. The Labute approximate surface area is 146 Å². The first-order valence-electron chi connectivity index (χ1n) is 6.46. The maximum atomic E-state index is 6.61. The molecule has 0 amide bonds. The molecule has 21 heavy (non-hydrogen) atoms. The molecule has 2 nitrogen and oxygen atoms in total. The molecule has 0 saturated carbocycles. The monoisotopic (exact) mass is 432 g/mol. The van der Waals surface area contributed by atoms with Gasteiger partial charge in [0.25, 0.3) is 0 Å². The molecule has 0 radical (unpaired) electrons. The van der Waals surface area contributed by atoms with E-state index >= 15 is 0 Å². The summed E-state index contributed by atoms with van der Waals surface area (Å²) < 4.78 is 12.8. The summed E-state index contributed by atoms with van der Waals surface area (Å²) in [4.78, 5) is 0. The van der Waals surface area contributed by atoms with Crippen LogP contribution in [0.25, 0.3) is 0 Å². The molecule has 0 fully saturated rings. The zero-order valence-corrected chi connectivity index (χ0v) is 15.6. The van der Waals surface area contributed by atoms with E-state index in [9.17, 15) is 0 Å². The van der Waals surface area contributed by atoms with E-state index in [2.05, 4.69) is 31.9 Å². The van der Waals surface area contributed by atoms with Gasteiger partial charge in [0.1, 0.15) is 11.5 Å². The lowest BCUT2D eigenvalue weighted by atomic mass is 10.0. The van der Waals surface area contributed by atoms with Gasteiger partial charge in [0, 0.05) is 10.0 Å². The van der Waals surface area contributed by atoms with Gasteiger partial charge in [0.15, 0.2) is 0 Å². The molecule has 0 bridgehead atoms. The minimum Gasteiger partial charge on any atom is -0.496 e. The van der Waals surface area contributed by atoms with Gasteiger partial charge >= 0.3 is 0 Å². The van der Waals surface area contributed by atoms with Crippen molar-refractivity contribution < 1.29 is 9.47 Å². The Hall–Kier alpha value is -0.710. The van der Waals surface area contributed by atoms with E-state index in [0.717, 1.165) is 31.6 Å². The van der Waals surface area contributed by atoms with Crippen LogP contribution in [0.5, 0.6) is 11.5 Å². The molecule has 0 saturated heterocycles. The minimum atomic E-state index is -0.292. The molecule has 0 aliphatic rings. The summed E-state index contributed by atoms with van der Waals surface area (Å²) in [5.74, 6) is 1.57. The molecule has 0 N–H and O–H groups in total. The summed E-state index contributed by atoms with van der Waals surface area (Å²) in [5.41, 5.74) is 1.91. The normalized spacial score (nSPS) is 12.0. The molecule has 0 aliphatic carbocycles. The average Bonchev–Trinajstić information content (AvgIpc) is 2.48. The number of hydrogen-bond donors (Lipinski definition) is 0. The molecule has 0 heterocycles. The summed E-state index contributed by atoms with van der Waals surface area (Å²) >= 11 is 13.6. The van der Waals surface area contributed by atoms with Crippen LogP contribution in [-0.4, -0.2) is 13.7 Å². The fourth-order valence-corrected chi connectivity index (χ4v) is 3.19. The van der Waals surface area contributed by atoms with E-state index < -0.39 is 0 Å². The van der Waals surface area contributed by atoms with Gasteiger partial charge < -0.3 is 9.47 Å². The third-order valence-electron chi connectivity index (χ3n) is 3.02. The molecule has 0 aromatic heterocycles. The van der Waals surface area contributed by atoms with Crippen molar-refractivity contribution in [2.75, 3.05) is 13.7 Å². The Bertz CT molecular complexity index is 632. The standard InChI is InChI=1S/C16H15Br2ClO2/c1-3-21-14-7-4-10(8-13(14)18)16(19)12-6-5-11(17)9-15(12)20-2/h4-9,16H,3H2,1-2H3. The lowest BCUT2D eigenvalue weighted by molar-refractivity contribution is 0.338. The lowest BCUT2D eigenvalue weighted by Gasteiger charge is -2.16. The van der Waals surface area contributed by atoms with Gasteiger partial charge in [-0.05, 0) is 52.7 Å². The van der Waals surface area contributed by atoms with E-state index in [4.69, 9.17) is 21.1 Å². The Balaban J connectivity index is 2.36. The van der Waals surface area contributed by atoms with Crippen molar-refractivity contribution in [3.8, 4) is 11.5 Å². The van der Waals surface area contributed by atoms with Crippen molar-refractivity contribution >= 4 is 43.5 Å². The van der Waals surface area contributed by atoms with Gasteiger partial charge in [-0.15, -0.1) is 11.6 Å². The van der Waals surface area contributed by atoms with E-state index in [1.807, 2.05) is 43.3 Å². The molecule has 2 aromatic rings. The molecule has 2 aromatic carbocycles. The smallest absolute Gasteiger partial charge is 0.133 e. The Morgan fingerprint density at radius 3 is 2.48 bits per heavy atom. The quantitative estimate of drug-likeness (QED) is 0.542. The molecule has 0 spiro atoms. The number of rotatable bonds is 5. The highest BCUT2D eigenvalue weighted by Gasteiger charge is 2.17. The predicted molar refractivity (Wildman–Crippen MR) is 93.7 cm³/mol. The highest BCUT2D eigenvalue weighted by Crippen LogP contribution is 2.38. The minimum absolute atomic E-state index is 0.292. The summed E-state index contributed by atoms with van der Waals surface area (Å²) in [6.07, 6.45) is 0. The SMILES string of the molecule is CCOc1ccc(C(Cl)c2ccc(Br)cc2OC)cc1Br.